The van der Waals surface area contributed by atoms with E-state index in [-0.39, 0.29) is 17.5 Å². The van der Waals surface area contributed by atoms with Crippen LogP contribution in [0.5, 0.6) is 0 Å². The Balaban J connectivity index is 2.80. The van der Waals surface area contributed by atoms with Crippen LogP contribution in [0.1, 0.15) is 11.6 Å². The minimum absolute atomic E-state index is 0.194. The molecule has 0 fully saturated rings. The Bertz CT molecular complexity index is 356. The second-order valence-corrected chi connectivity index (χ2v) is 2.60. The topological polar surface area (TPSA) is 55.1 Å². The third-order valence-electron chi connectivity index (χ3n) is 1.39. The van der Waals surface area contributed by atoms with Crippen molar-refractivity contribution in [2.45, 2.75) is 20.0 Å². The first kappa shape index (κ1) is 10.6. The van der Waals surface area contributed by atoms with Crippen molar-refractivity contribution in [2.75, 3.05) is 5.32 Å². The number of nitrogens with one attached hydrogen (secondary N) is 1. The summed E-state index contributed by atoms with van der Waals surface area (Å²) in [5.74, 6) is -2.15. The fraction of sp³-hybridized carbons (Fsp3) is 0.429. The molecule has 0 unspecified atom stereocenters. The third-order valence-corrected chi connectivity index (χ3v) is 1.39. The molecule has 1 aromatic heterocycles. The Morgan fingerprint density at radius 1 is 1.43 bits per heavy atom. The van der Waals surface area contributed by atoms with Crippen LogP contribution in [0.4, 0.5) is 19.1 Å². The summed E-state index contributed by atoms with van der Waals surface area (Å²) in [7, 11) is 0. The number of aryl methyl sites for hydroxylation is 2. The van der Waals surface area contributed by atoms with Crippen molar-refractivity contribution in [3.8, 4) is 0 Å². The average Bonchev–Trinajstić information content (AvgIpc) is 2.28. The molecule has 0 radical (unpaired) electrons. The van der Waals surface area contributed by atoms with Crippen LogP contribution in [0.25, 0.3) is 0 Å². The second kappa shape index (κ2) is 3.32. The molecule has 0 atom stereocenters. The van der Waals surface area contributed by atoms with Gasteiger partial charge in [0.15, 0.2) is 5.89 Å². The normalized spacial score (nSPS) is 11.5. The van der Waals surface area contributed by atoms with E-state index < -0.39 is 12.1 Å². The Labute approximate surface area is 77.1 Å². The predicted molar refractivity (Wildman–Crippen MR) is 40.7 cm³/mol. The first-order valence-corrected chi connectivity index (χ1v) is 3.63. The monoisotopic (exact) mass is 208 g/mol. The zero-order chi connectivity index (χ0) is 10.9. The lowest BCUT2D eigenvalue weighted by Gasteiger charge is -2.04. The van der Waals surface area contributed by atoms with Crippen molar-refractivity contribution in [1.29, 1.82) is 0 Å². The van der Waals surface area contributed by atoms with Gasteiger partial charge in [0.1, 0.15) is 5.69 Å². The van der Waals surface area contributed by atoms with Gasteiger partial charge < -0.3 is 4.42 Å². The lowest BCUT2D eigenvalue weighted by atomic mass is 10.5. The van der Waals surface area contributed by atoms with E-state index in [1.807, 2.05) is 0 Å². The standard InChI is InChI=1S/C7H7F3N2O2/c1-3-5(14-4(2)11-3)12-6(13)7(8,9)10/h1-2H3,(H,12,13). The van der Waals surface area contributed by atoms with Gasteiger partial charge >= 0.3 is 12.1 Å². The molecule has 0 aliphatic heterocycles. The largest absolute Gasteiger partial charge is 0.471 e. The van der Waals surface area contributed by atoms with E-state index in [2.05, 4.69) is 4.98 Å². The summed E-state index contributed by atoms with van der Waals surface area (Å²) in [6.07, 6.45) is -4.92. The summed E-state index contributed by atoms with van der Waals surface area (Å²) in [6, 6.07) is 0. The van der Waals surface area contributed by atoms with Gasteiger partial charge in [-0.15, -0.1) is 0 Å². The summed E-state index contributed by atoms with van der Waals surface area (Å²) < 4.78 is 40.1. The first-order valence-electron chi connectivity index (χ1n) is 3.63. The molecule has 14 heavy (non-hydrogen) atoms. The highest BCUT2D eigenvalue weighted by Crippen LogP contribution is 2.20. The van der Waals surface area contributed by atoms with Gasteiger partial charge in [0.2, 0.25) is 5.88 Å². The molecular weight excluding hydrogens is 201 g/mol. The second-order valence-electron chi connectivity index (χ2n) is 2.60. The van der Waals surface area contributed by atoms with Crippen LogP contribution >= 0.6 is 0 Å². The number of amides is 1. The number of aromatic nitrogens is 1. The number of rotatable bonds is 1. The maximum Gasteiger partial charge on any atom is 0.471 e. The molecule has 78 valence electrons. The van der Waals surface area contributed by atoms with Gasteiger partial charge in [-0.1, -0.05) is 0 Å². The zero-order valence-corrected chi connectivity index (χ0v) is 7.40. The number of hydrogen-bond donors (Lipinski definition) is 1. The summed E-state index contributed by atoms with van der Waals surface area (Å²) in [4.78, 5) is 14.2. The Morgan fingerprint density at radius 3 is 2.36 bits per heavy atom. The van der Waals surface area contributed by atoms with Crippen LogP contribution in [-0.4, -0.2) is 17.1 Å². The van der Waals surface area contributed by atoms with Crippen LogP contribution in [0.2, 0.25) is 0 Å². The van der Waals surface area contributed by atoms with Crippen molar-refractivity contribution in [1.82, 2.24) is 4.98 Å². The molecule has 0 spiro atoms. The number of oxazole rings is 1. The van der Waals surface area contributed by atoms with Crippen LogP contribution < -0.4 is 5.32 Å². The lowest BCUT2D eigenvalue weighted by molar-refractivity contribution is -0.167. The Morgan fingerprint density at radius 2 is 2.00 bits per heavy atom. The lowest BCUT2D eigenvalue weighted by Crippen LogP contribution is -2.30. The SMILES string of the molecule is Cc1nc(C)c(NC(=O)C(F)(F)F)o1. The van der Waals surface area contributed by atoms with Gasteiger partial charge in [-0.05, 0) is 6.92 Å². The van der Waals surface area contributed by atoms with E-state index in [1.165, 1.54) is 13.8 Å². The van der Waals surface area contributed by atoms with Crippen LogP contribution in [-0.2, 0) is 4.79 Å². The molecule has 4 nitrogen and oxygen atoms in total. The molecule has 0 aliphatic carbocycles. The number of hydrogen-bond acceptors (Lipinski definition) is 3. The molecular formula is C7H7F3N2O2. The van der Waals surface area contributed by atoms with E-state index in [0.717, 1.165) is 0 Å². The van der Waals surface area contributed by atoms with Gasteiger partial charge in [-0.3, -0.25) is 10.1 Å². The molecule has 1 rings (SSSR count). The van der Waals surface area contributed by atoms with Crippen molar-refractivity contribution < 1.29 is 22.4 Å². The number of anilines is 1. The first-order chi connectivity index (χ1) is 6.30. The molecule has 1 heterocycles. The number of halogens is 3. The van der Waals surface area contributed by atoms with Crippen LogP contribution in [0.15, 0.2) is 4.42 Å². The fourth-order valence-electron chi connectivity index (χ4n) is 0.821. The van der Waals surface area contributed by atoms with E-state index in [1.54, 1.807) is 5.32 Å². The van der Waals surface area contributed by atoms with Crippen molar-refractivity contribution in [3.05, 3.63) is 11.6 Å². The van der Waals surface area contributed by atoms with E-state index in [4.69, 9.17) is 4.42 Å². The minimum atomic E-state index is -4.92. The highest BCUT2D eigenvalue weighted by atomic mass is 19.4. The molecule has 0 aromatic carbocycles. The Hall–Kier alpha value is -1.53. The third kappa shape index (κ3) is 2.24. The van der Waals surface area contributed by atoms with Gasteiger partial charge in [0.05, 0.1) is 0 Å². The maximum atomic E-state index is 11.8. The Kier molecular flexibility index (Phi) is 2.50. The molecule has 1 amide bonds. The predicted octanol–water partition coefficient (Wildman–Crippen LogP) is 1.79. The summed E-state index contributed by atoms with van der Waals surface area (Å²) in [6.45, 7) is 2.90. The molecule has 7 heteroatoms. The van der Waals surface area contributed by atoms with Gasteiger partial charge in [0, 0.05) is 6.92 Å². The number of carbonyl (C=O) groups is 1. The molecule has 0 bridgehead atoms. The van der Waals surface area contributed by atoms with Gasteiger partial charge in [0.25, 0.3) is 0 Å². The summed E-state index contributed by atoms with van der Waals surface area (Å²) in [5.41, 5.74) is 0.208. The molecule has 1 N–H and O–H groups in total. The van der Waals surface area contributed by atoms with Gasteiger partial charge in [-0.2, -0.15) is 13.2 Å². The van der Waals surface area contributed by atoms with Crippen molar-refractivity contribution in [3.63, 3.8) is 0 Å². The summed E-state index contributed by atoms with van der Waals surface area (Å²) in [5, 5.41) is 1.58. The van der Waals surface area contributed by atoms with E-state index in [0.29, 0.717) is 0 Å². The fourth-order valence-corrected chi connectivity index (χ4v) is 0.821. The number of alkyl halides is 3. The molecule has 0 aliphatic rings. The average molecular weight is 208 g/mol. The molecule has 0 saturated carbocycles. The number of carbonyl (C=O) groups excluding carboxylic acids is 1. The van der Waals surface area contributed by atoms with Crippen molar-refractivity contribution in [2.24, 2.45) is 0 Å². The minimum Gasteiger partial charge on any atom is -0.425 e. The highest BCUT2D eigenvalue weighted by molar-refractivity contribution is 5.94. The highest BCUT2D eigenvalue weighted by Gasteiger charge is 2.39. The van der Waals surface area contributed by atoms with Gasteiger partial charge in [-0.25, -0.2) is 4.98 Å². The van der Waals surface area contributed by atoms with E-state index in [9.17, 15) is 18.0 Å². The smallest absolute Gasteiger partial charge is 0.425 e. The summed E-state index contributed by atoms with van der Waals surface area (Å²) >= 11 is 0. The van der Waals surface area contributed by atoms with E-state index >= 15 is 0 Å². The van der Waals surface area contributed by atoms with Crippen LogP contribution in [0.3, 0.4) is 0 Å². The molecule has 1 aromatic rings. The van der Waals surface area contributed by atoms with Crippen molar-refractivity contribution >= 4 is 11.8 Å². The zero-order valence-electron chi connectivity index (χ0n) is 7.40. The van der Waals surface area contributed by atoms with Crippen LogP contribution in [0, 0.1) is 13.8 Å². The maximum absolute atomic E-state index is 11.8. The quantitative estimate of drug-likeness (QED) is 0.765. The number of nitrogens with zero attached hydrogens (tertiary/aromatic N) is 1. The molecule has 0 saturated heterocycles.